The molecule has 0 aliphatic rings. The van der Waals surface area contributed by atoms with E-state index in [1.807, 2.05) is 31.2 Å². The minimum atomic E-state index is -0.409. The van der Waals surface area contributed by atoms with Crippen LogP contribution in [-0.2, 0) is 32.0 Å². The van der Waals surface area contributed by atoms with Crippen LogP contribution in [0.25, 0.3) is 11.2 Å². The Morgan fingerprint density at radius 3 is 2.52 bits per heavy atom. The van der Waals surface area contributed by atoms with Crippen molar-refractivity contribution in [2.45, 2.75) is 32.9 Å². The molecular weight excluding hydrogens is 346 g/mol. The lowest BCUT2D eigenvalue weighted by atomic mass is 10.1. The van der Waals surface area contributed by atoms with Crippen LogP contribution in [0, 0.1) is 6.92 Å². The molecule has 1 amide bonds. The summed E-state index contributed by atoms with van der Waals surface area (Å²) >= 11 is 0. The lowest BCUT2D eigenvalue weighted by Gasteiger charge is -2.08. The van der Waals surface area contributed by atoms with Crippen LogP contribution in [0.15, 0.2) is 40.2 Å². The van der Waals surface area contributed by atoms with E-state index in [-0.39, 0.29) is 11.5 Å². The highest BCUT2D eigenvalue weighted by Crippen LogP contribution is 2.07. The van der Waals surface area contributed by atoms with Crippen LogP contribution in [0.4, 0.5) is 0 Å². The lowest BCUT2D eigenvalue weighted by Crippen LogP contribution is -2.37. The van der Waals surface area contributed by atoms with Gasteiger partial charge in [0.15, 0.2) is 11.2 Å². The maximum Gasteiger partial charge on any atom is 0.332 e. The van der Waals surface area contributed by atoms with Gasteiger partial charge in [-0.2, -0.15) is 0 Å². The SMILES string of the molecule is Cc1ccc(CNC(=O)CCCn2cnc3c2c(=O)n(C)c(=O)n3C)cc1. The minimum Gasteiger partial charge on any atom is -0.352 e. The van der Waals surface area contributed by atoms with Gasteiger partial charge < -0.3 is 9.88 Å². The van der Waals surface area contributed by atoms with Crippen molar-refractivity contribution in [1.29, 1.82) is 0 Å². The van der Waals surface area contributed by atoms with Crippen molar-refractivity contribution in [3.05, 3.63) is 62.6 Å². The minimum absolute atomic E-state index is 0.0414. The summed E-state index contributed by atoms with van der Waals surface area (Å²) in [5.41, 5.74) is 2.18. The van der Waals surface area contributed by atoms with Crippen molar-refractivity contribution in [2.24, 2.45) is 14.1 Å². The van der Waals surface area contributed by atoms with E-state index in [0.29, 0.717) is 37.1 Å². The fourth-order valence-electron chi connectivity index (χ4n) is 2.97. The molecule has 0 aliphatic heterocycles. The molecule has 3 rings (SSSR count). The third-order valence-corrected chi connectivity index (χ3v) is 4.63. The first kappa shape index (κ1) is 18.6. The fraction of sp³-hybridized carbons (Fsp3) is 0.368. The molecule has 0 bridgehead atoms. The molecule has 27 heavy (non-hydrogen) atoms. The number of rotatable bonds is 6. The summed E-state index contributed by atoms with van der Waals surface area (Å²) in [6.45, 7) is 2.99. The zero-order valence-electron chi connectivity index (χ0n) is 15.7. The number of hydrogen-bond acceptors (Lipinski definition) is 4. The van der Waals surface area contributed by atoms with Crippen LogP contribution in [0.3, 0.4) is 0 Å². The first-order chi connectivity index (χ1) is 12.9. The third kappa shape index (κ3) is 3.84. The number of nitrogens with one attached hydrogen (secondary N) is 1. The summed E-state index contributed by atoms with van der Waals surface area (Å²) in [7, 11) is 3.03. The van der Waals surface area contributed by atoms with Crippen molar-refractivity contribution in [1.82, 2.24) is 24.0 Å². The van der Waals surface area contributed by atoms with E-state index in [1.54, 1.807) is 11.6 Å². The maximum atomic E-state index is 12.4. The standard InChI is InChI=1S/C19H23N5O3/c1-13-6-8-14(9-7-13)11-20-15(25)5-4-10-24-12-21-17-16(24)18(26)23(3)19(27)22(17)2/h6-9,12H,4-5,10-11H2,1-3H3,(H,20,25). The summed E-state index contributed by atoms with van der Waals surface area (Å²) < 4.78 is 4.11. The van der Waals surface area contributed by atoms with Gasteiger partial charge >= 0.3 is 5.69 Å². The Hall–Kier alpha value is -3.16. The molecule has 1 aromatic carbocycles. The van der Waals surface area contributed by atoms with Crippen LogP contribution in [0.5, 0.6) is 0 Å². The molecule has 3 aromatic rings. The number of imidazole rings is 1. The molecule has 0 unspecified atom stereocenters. The Morgan fingerprint density at radius 2 is 1.81 bits per heavy atom. The van der Waals surface area contributed by atoms with Crippen molar-refractivity contribution in [3.63, 3.8) is 0 Å². The highest BCUT2D eigenvalue weighted by molar-refractivity contribution is 5.75. The summed E-state index contributed by atoms with van der Waals surface area (Å²) in [5, 5.41) is 2.90. The average Bonchev–Trinajstić information content (AvgIpc) is 3.08. The van der Waals surface area contributed by atoms with E-state index in [1.165, 1.54) is 23.5 Å². The summed E-state index contributed by atoms with van der Waals surface area (Å²) in [5.74, 6) is -0.0414. The zero-order chi connectivity index (χ0) is 19.6. The van der Waals surface area contributed by atoms with Crippen LogP contribution < -0.4 is 16.6 Å². The molecule has 142 valence electrons. The van der Waals surface area contributed by atoms with Gasteiger partial charge in [0.1, 0.15) is 0 Å². The van der Waals surface area contributed by atoms with Gasteiger partial charge in [-0.05, 0) is 18.9 Å². The smallest absolute Gasteiger partial charge is 0.332 e. The second-order valence-corrected chi connectivity index (χ2v) is 6.68. The number of nitrogens with zero attached hydrogens (tertiary/aromatic N) is 4. The van der Waals surface area contributed by atoms with Crippen LogP contribution >= 0.6 is 0 Å². The molecule has 2 heterocycles. The predicted octanol–water partition coefficient (Wildman–Crippen LogP) is 0.839. The monoisotopic (exact) mass is 369 g/mol. The number of aryl methyl sites for hydroxylation is 3. The molecule has 0 saturated heterocycles. The number of aromatic nitrogens is 4. The third-order valence-electron chi connectivity index (χ3n) is 4.63. The quantitative estimate of drug-likeness (QED) is 0.697. The number of carbonyl (C=O) groups is 1. The Balaban J connectivity index is 1.60. The van der Waals surface area contributed by atoms with Gasteiger partial charge in [-0.25, -0.2) is 9.78 Å². The molecule has 0 saturated carbocycles. The summed E-state index contributed by atoms with van der Waals surface area (Å²) in [6.07, 6.45) is 2.45. The number of benzene rings is 1. The van der Waals surface area contributed by atoms with E-state index < -0.39 is 5.69 Å². The zero-order valence-corrected chi connectivity index (χ0v) is 15.7. The normalized spacial score (nSPS) is 11.1. The summed E-state index contributed by atoms with van der Waals surface area (Å²) in [6, 6.07) is 8.01. The molecular formula is C19H23N5O3. The van der Waals surface area contributed by atoms with Gasteiger partial charge in [-0.15, -0.1) is 0 Å². The molecule has 0 spiro atoms. The topological polar surface area (TPSA) is 90.9 Å². The van der Waals surface area contributed by atoms with E-state index in [9.17, 15) is 14.4 Å². The predicted molar refractivity (Wildman–Crippen MR) is 102 cm³/mol. The molecule has 8 nitrogen and oxygen atoms in total. The Labute approximate surface area is 156 Å². The Bertz CT molecular complexity index is 1090. The number of amides is 1. The second-order valence-electron chi connectivity index (χ2n) is 6.68. The molecule has 1 N–H and O–H groups in total. The van der Waals surface area contributed by atoms with Crippen LogP contribution in [0.1, 0.15) is 24.0 Å². The maximum absolute atomic E-state index is 12.4. The Morgan fingerprint density at radius 1 is 1.11 bits per heavy atom. The number of carbonyl (C=O) groups excluding carboxylic acids is 1. The van der Waals surface area contributed by atoms with Gasteiger partial charge in [0.05, 0.1) is 6.33 Å². The number of hydrogen-bond donors (Lipinski definition) is 1. The molecule has 2 aromatic heterocycles. The van der Waals surface area contributed by atoms with E-state index in [4.69, 9.17) is 0 Å². The highest BCUT2D eigenvalue weighted by atomic mass is 16.2. The first-order valence-corrected chi connectivity index (χ1v) is 8.81. The van der Waals surface area contributed by atoms with Crippen molar-refractivity contribution < 1.29 is 4.79 Å². The second kappa shape index (κ2) is 7.61. The fourth-order valence-corrected chi connectivity index (χ4v) is 2.97. The molecule has 8 heteroatoms. The van der Waals surface area contributed by atoms with Gasteiger partial charge in [-0.1, -0.05) is 29.8 Å². The largest absolute Gasteiger partial charge is 0.352 e. The van der Waals surface area contributed by atoms with Crippen molar-refractivity contribution in [3.8, 4) is 0 Å². The Kier molecular flexibility index (Phi) is 5.25. The van der Waals surface area contributed by atoms with Gasteiger partial charge in [0.25, 0.3) is 5.56 Å². The van der Waals surface area contributed by atoms with Crippen LogP contribution in [-0.4, -0.2) is 24.6 Å². The van der Waals surface area contributed by atoms with Gasteiger partial charge in [0.2, 0.25) is 5.91 Å². The molecule has 0 radical (unpaired) electrons. The first-order valence-electron chi connectivity index (χ1n) is 8.81. The lowest BCUT2D eigenvalue weighted by molar-refractivity contribution is -0.121. The van der Waals surface area contributed by atoms with Crippen LogP contribution in [0.2, 0.25) is 0 Å². The van der Waals surface area contributed by atoms with E-state index in [0.717, 1.165) is 10.1 Å². The molecule has 0 fully saturated rings. The van der Waals surface area contributed by atoms with E-state index >= 15 is 0 Å². The molecule has 0 aliphatic carbocycles. The number of fused-ring (bicyclic) bond motifs is 1. The molecule has 0 atom stereocenters. The van der Waals surface area contributed by atoms with Gasteiger partial charge in [0, 0.05) is 33.6 Å². The summed E-state index contributed by atoms with van der Waals surface area (Å²) in [4.78, 5) is 40.5. The highest BCUT2D eigenvalue weighted by Gasteiger charge is 2.14. The van der Waals surface area contributed by atoms with Gasteiger partial charge in [-0.3, -0.25) is 18.7 Å². The van der Waals surface area contributed by atoms with E-state index in [2.05, 4.69) is 10.3 Å². The average molecular weight is 369 g/mol. The van der Waals surface area contributed by atoms with Crippen molar-refractivity contribution in [2.75, 3.05) is 0 Å². The van der Waals surface area contributed by atoms with Crippen molar-refractivity contribution >= 4 is 17.1 Å².